The molecule has 6 nitrogen and oxygen atoms in total. The largest absolute Gasteiger partial charge is 0.465 e. The smallest absolute Gasteiger partial charge is 0.343 e. The Morgan fingerprint density at radius 2 is 2.38 bits per heavy atom. The molecule has 2 N–H and O–H groups in total. The molecule has 2 aromatic heterocycles. The van der Waals surface area contributed by atoms with Crippen LogP contribution in [0.2, 0.25) is 0 Å². The number of nitrogen functional groups attached to an aromatic ring is 1. The number of nitrogens with two attached hydrogens (primary N) is 1. The summed E-state index contributed by atoms with van der Waals surface area (Å²) in [6.07, 6.45) is 4.78. The van der Waals surface area contributed by atoms with Gasteiger partial charge in [-0.1, -0.05) is 0 Å². The van der Waals surface area contributed by atoms with Gasteiger partial charge in [-0.25, -0.2) is 9.48 Å². The van der Waals surface area contributed by atoms with E-state index in [0.29, 0.717) is 0 Å². The van der Waals surface area contributed by atoms with Crippen molar-refractivity contribution >= 4 is 11.8 Å². The molecule has 0 bridgehead atoms. The van der Waals surface area contributed by atoms with Crippen LogP contribution >= 0.6 is 0 Å². The summed E-state index contributed by atoms with van der Waals surface area (Å²) < 4.78 is 6.06. The molecule has 0 fully saturated rings. The molecule has 0 amide bonds. The number of methoxy groups -OCH3 is 1. The molecular formula is C10H10N4O2. The van der Waals surface area contributed by atoms with Crippen LogP contribution in [0, 0.1) is 0 Å². The number of rotatable bonds is 2. The summed E-state index contributed by atoms with van der Waals surface area (Å²) in [5.41, 5.74) is 6.57. The lowest BCUT2D eigenvalue weighted by atomic mass is 10.3. The Labute approximate surface area is 91.7 Å². The Kier molecular flexibility index (Phi) is 2.55. The van der Waals surface area contributed by atoms with Crippen LogP contribution in [0.3, 0.4) is 0 Å². The van der Waals surface area contributed by atoms with E-state index in [1.165, 1.54) is 18.0 Å². The minimum Gasteiger partial charge on any atom is -0.465 e. The van der Waals surface area contributed by atoms with Gasteiger partial charge in [-0.2, -0.15) is 0 Å². The van der Waals surface area contributed by atoms with Gasteiger partial charge in [0, 0.05) is 12.4 Å². The van der Waals surface area contributed by atoms with Gasteiger partial charge in [0.15, 0.2) is 5.82 Å². The molecule has 0 radical (unpaired) electrons. The van der Waals surface area contributed by atoms with Crippen molar-refractivity contribution in [2.75, 3.05) is 12.8 Å². The molecule has 2 rings (SSSR count). The number of carbonyl (C=O) groups is 1. The quantitative estimate of drug-likeness (QED) is 0.748. The van der Waals surface area contributed by atoms with Crippen molar-refractivity contribution < 1.29 is 9.53 Å². The Morgan fingerprint density at radius 3 is 3.00 bits per heavy atom. The monoisotopic (exact) mass is 218 g/mol. The molecule has 0 saturated heterocycles. The summed E-state index contributed by atoms with van der Waals surface area (Å²) >= 11 is 0. The van der Waals surface area contributed by atoms with E-state index in [1.807, 2.05) is 0 Å². The summed E-state index contributed by atoms with van der Waals surface area (Å²) in [4.78, 5) is 15.3. The number of pyridine rings is 1. The molecule has 0 atom stereocenters. The third-order valence-electron chi connectivity index (χ3n) is 2.06. The van der Waals surface area contributed by atoms with E-state index < -0.39 is 5.97 Å². The number of nitrogens with zero attached hydrogens (tertiary/aromatic N) is 3. The van der Waals surface area contributed by atoms with Gasteiger partial charge in [-0.15, -0.1) is 5.10 Å². The zero-order valence-corrected chi connectivity index (χ0v) is 8.62. The Balaban J connectivity index is 2.42. The Hall–Kier alpha value is -2.37. The van der Waals surface area contributed by atoms with Crippen molar-refractivity contribution in [1.82, 2.24) is 14.8 Å². The number of esters is 1. The third-order valence-corrected chi connectivity index (χ3v) is 2.06. The fraction of sp³-hybridized carbons (Fsp3) is 0.100. The molecular weight excluding hydrogens is 208 g/mol. The number of aromatic nitrogens is 3. The van der Waals surface area contributed by atoms with Crippen LogP contribution in [-0.4, -0.2) is 27.8 Å². The molecule has 0 saturated carbocycles. The van der Waals surface area contributed by atoms with E-state index in [-0.39, 0.29) is 11.4 Å². The Bertz CT molecular complexity index is 507. The maximum absolute atomic E-state index is 11.3. The van der Waals surface area contributed by atoms with Crippen LogP contribution in [-0.2, 0) is 4.74 Å². The summed E-state index contributed by atoms with van der Waals surface area (Å²) in [5.74, 6) is -0.372. The average molecular weight is 218 g/mol. The highest BCUT2D eigenvalue weighted by Crippen LogP contribution is 2.13. The predicted molar refractivity (Wildman–Crippen MR) is 57.1 cm³/mol. The Morgan fingerprint density at radius 1 is 1.56 bits per heavy atom. The number of anilines is 1. The van der Waals surface area contributed by atoms with Crippen LogP contribution in [0.15, 0.2) is 30.7 Å². The molecule has 0 aliphatic heterocycles. The average Bonchev–Trinajstić information content (AvgIpc) is 2.71. The molecule has 0 unspecified atom stereocenters. The molecule has 0 aliphatic rings. The zero-order chi connectivity index (χ0) is 11.5. The third kappa shape index (κ3) is 1.72. The SMILES string of the molecule is COC(=O)c1cn(-c2cccnc2)nc1N. The predicted octanol–water partition coefficient (Wildman–Crippen LogP) is 0.636. The first-order valence-corrected chi connectivity index (χ1v) is 4.56. The van der Waals surface area contributed by atoms with E-state index in [2.05, 4.69) is 14.8 Å². The van der Waals surface area contributed by atoms with E-state index in [9.17, 15) is 4.79 Å². The number of hydrogen-bond donors (Lipinski definition) is 1. The van der Waals surface area contributed by atoms with Gasteiger partial charge in [-0.05, 0) is 12.1 Å². The van der Waals surface area contributed by atoms with Crippen LogP contribution in [0.4, 0.5) is 5.82 Å². The first kappa shape index (κ1) is 10.2. The molecule has 0 aromatic carbocycles. The molecule has 6 heteroatoms. The van der Waals surface area contributed by atoms with Gasteiger partial charge < -0.3 is 10.5 Å². The normalized spacial score (nSPS) is 10.1. The number of hydrogen-bond acceptors (Lipinski definition) is 5. The molecule has 2 aromatic rings. The van der Waals surface area contributed by atoms with Crippen LogP contribution in [0.5, 0.6) is 0 Å². The van der Waals surface area contributed by atoms with Gasteiger partial charge in [0.1, 0.15) is 5.56 Å². The maximum atomic E-state index is 11.3. The number of ether oxygens (including phenoxy) is 1. The molecule has 2 heterocycles. The van der Waals surface area contributed by atoms with E-state index in [1.54, 1.807) is 24.5 Å². The van der Waals surface area contributed by atoms with Crippen molar-refractivity contribution in [1.29, 1.82) is 0 Å². The van der Waals surface area contributed by atoms with Crippen molar-refractivity contribution in [3.8, 4) is 5.69 Å². The maximum Gasteiger partial charge on any atom is 0.343 e. The van der Waals surface area contributed by atoms with E-state index in [0.717, 1.165) is 5.69 Å². The highest BCUT2D eigenvalue weighted by atomic mass is 16.5. The van der Waals surface area contributed by atoms with Crippen molar-refractivity contribution in [2.24, 2.45) is 0 Å². The minimum absolute atomic E-state index is 0.135. The topological polar surface area (TPSA) is 83.0 Å². The first-order valence-electron chi connectivity index (χ1n) is 4.56. The van der Waals surface area contributed by atoms with Crippen molar-refractivity contribution in [2.45, 2.75) is 0 Å². The van der Waals surface area contributed by atoms with Gasteiger partial charge >= 0.3 is 5.97 Å². The van der Waals surface area contributed by atoms with E-state index >= 15 is 0 Å². The lowest BCUT2D eigenvalue weighted by Crippen LogP contribution is -2.02. The van der Waals surface area contributed by atoms with Gasteiger partial charge in [-0.3, -0.25) is 4.98 Å². The molecule has 0 aliphatic carbocycles. The van der Waals surface area contributed by atoms with E-state index in [4.69, 9.17) is 5.73 Å². The molecule has 16 heavy (non-hydrogen) atoms. The van der Waals surface area contributed by atoms with Crippen LogP contribution in [0.25, 0.3) is 5.69 Å². The summed E-state index contributed by atoms with van der Waals surface area (Å²) in [7, 11) is 1.29. The second kappa shape index (κ2) is 4.01. The number of carbonyl (C=O) groups excluding carboxylic acids is 1. The second-order valence-corrected chi connectivity index (χ2v) is 3.08. The zero-order valence-electron chi connectivity index (χ0n) is 8.62. The highest BCUT2D eigenvalue weighted by Gasteiger charge is 2.14. The molecule has 82 valence electrons. The highest BCUT2D eigenvalue weighted by molar-refractivity contribution is 5.93. The standard InChI is InChI=1S/C10H10N4O2/c1-16-10(15)8-6-14(13-9(8)11)7-3-2-4-12-5-7/h2-6H,1H3,(H2,11,13). The summed E-state index contributed by atoms with van der Waals surface area (Å²) in [5, 5.41) is 4.00. The van der Waals surface area contributed by atoms with Crippen LogP contribution < -0.4 is 5.73 Å². The van der Waals surface area contributed by atoms with Gasteiger partial charge in [0.25, 0.3) is 0 Å². The fourth-order valence-corrected chi connectivity index (χ4v) is 1.28. The lowest BCUT2D eigenvalue weighted by Gasteiger charge is -1.97. The van der Waals surface area contributed by atoms with Gasteiger partial charge in [0.2, 0.25) is 0 Å². The van der Waals surface area contributed by atoms with Crippen molar-refractivity contribution in [3.05, 3.63) is 36.3 Å². The van der Waals surface area contributed by atoms with Gasteiger partial charge in [0.05, 0.1) is 19.0 Å². The first-order chi connectivity index (χ1) is 7.72. The summed E-state index contributed by atoms with van der Waals surface area (Å²) in [6.45, 7) is 0. The fourth-order valence-electron chi connectivity index (χ4n) is 1.28. The minimum atomic E-state index is -0.507. The van der Waals surface area contributed by atoms with Crippen LogP contribution in [0.1, 0.15) is 10.4 Å². The lowest BCUT2D eigenvalue weighted by molar-refractivity contribution is 0.0602. The van der Waals surface area contributed by atoms with Crippen molar-refractivity contribution in [3.63, 3.8) is 0 Å². The second-order valence-electron chi connectivity index (χ2n) is 3.08. The molecule has 0 spiro atoms. The summed E-state index contributed by atoms with van der Waals surface area (Å²) in [6, 6.07) is 3.57.